The number of fused-ring (bicyclic) bond motifs is 3. The van der Waals surface area contributed by atoms with Gasteiger partial charge in [0.05, 0.1) is 29.2 Å². The lowest BCUT2D eigenvalue weighted by Crippen LogP contribution is -2.59. The summed E-state index contributed by atoms with van der Waals surface area (Å²) in [5.41, 5.74) is -1.55. The van der Waals surface area contributed by atoms with Crippen molar-refractivity contribution in [3.63, 3.8) is 0 Å². The number of carboxylic acid groups (broad SMARTS) is 1. The van der Waals surface area contributed by atoms with Crippen molar-refractivity contribution >= 4 is 44.6 Å². The van der Waals surface area contributed by atoms with Crippen molar-refractivity contribution in [1.29, 1.82) is 0 Å². The smallest absolute Gasteiger partial charge is 0.405 e. The molecule has 0 radical (unpaired) electrons. The van der Waals surface area contributed by atoms with E-state index < -0.39 is 68.2 Å². The summed E-state index contributed by atoms with van der Waals surface area (Å²) < 4.78 is 39.1. The van der Waals surface area contributed by atoms with Gasteiger partial charge in [-0.15, -0.1) is 10.2 Å². The van der Waals surface area contributed by atoms with Crippen LogP contribution < -0.4 is 24.8 Å². The highest BCUT2D eigenvalue weighted by Gasteiger charge is 2.63. The molecule has 4 aliphatic rings. The van der Waals surface area contributed by atoms with Gasteiger partial charge < -0.3 is 30.1 Å². The van der Waals surface area contributed by atoms with Crippen LogP contribution in [0.25, 0.3) is 10.8 Å². The van der Waals surface area contributed by atoms with Crippen molar-refractivity contribution in [3.05, 3.63) is 36.4 Å². The summed E-state index contributed by atoms with van der Waals surface area (Å²) >= 11 is 0. The number of rotatable bonds is 8. The van der Waals surface area contributed by atoms with Crippen LogP contribution in [0.3, 0.4) is 0 Å². The second-order valence-electron chi connectivity index (χ2n) is 14.6. The highest BCUT2D eigenvalue weighted by atomic mass is 32.2. The molecular weight excluding hydrogens is 680 g/mol. The Balaban J connectivity index is 1.35. The molecule has 2 aliphatic heterocycles. The van der Waals surface area contributed by atoms with Crippen LogP contribution in [-0.4, -0.2) is 94.6 Å². The summed E-state index contributed by atoms with van der Waals surface area (Å²) in [5.74, 6) is -2.33. The molecule has 0 bridgehead atoms. The van der Waals surface area contributed by atoms with Crippen LogP contribution in [0.4, 0.5) is 4.79 Å². The van der Waals surface area contributed by atoms with Gasteiger partial charge in [0.2, 0.25) is 33.6 Å². The van der Waals surface area contributed by atoms with Crippen molar-refractivity contribution in [3.8, 4) is 11.8 Å². The molecule has 276 valence electrons. The third-order valence-electron chi connectivity index (χ3n) is 11.0. The molecule has 3 fully saturated rings. The van der Waals surface area contributed by atoms with E-state index in [0.717, 1.165) is 6.42 Å². The predicted molar refractivity (Wildman–Crippen MR) is 185 cm³/mol. The topological polar surface area (TPSA) is 206 Å². The van der Waals surface area contributed by atoms with Crippen LogP contribution in [-0.2, 0) is 24.4 Å². The Kier molecular flexibility index (Phi) is 9.92. The average molecular weight is 727 g/mol. The number of amides is 4. The minimum absolute atomic E-state index is 0.0127. The van der Waals surface area contributed by atoms with Gasteiger partial charge in [-0.3, -0.25) is 19.1 Å². The molecule has 4 N–H and O–H groups in total. The Bertz CT molecular complexity index is 1850. The second kappa shape index (κ2) is 13.9. The van der Waals surface area contributed by atoms with E-state index in [4.69, 9.17) is 9.47 Å². The summed E-state index contributed by atoms with van der Waals surface area (Å²) in [7, 11) is -2.53. The molecular formula is C35H46N6O9S. The maximum Gasteiger partial charge on any atom is 0.405 e. The zero-order valence-electron chi connectivity index (χ0n) is 29.3. The quantitative estimate of drug-likeness (QED) is 0.291. The van der Waals surface area contributed by atoms with Crippen molar-refractivity contribution in [1.82, 2.24) is 30.5 Å². The molecule has 15 nitrogen and oxygen atoms in total. The van der Waals surface area contributed by atoms with Crippen molar-refractivity contribution in [2.45, 2.75) is 101 Å². The zero-order chi connectivity index (χ0) is 36.7. The lowest BCUT2D eigenvalue weighted by atomic mass is 9.85. The van der Waals surface area contributed by atoms with Crippen LogP contribution in [0.2, 0.25) is 0 Å². The summed E-state index contributed by atoms with van der Waals surface area (Å²) in [4.78, 5) is 56.0. The fraction of sp³-hybridized carbons (Fsp3) is 0.600. The highest BCUT2D eigenvalue weighted by Crippen LogP contribution is 2.47. The summed E-state index contributed by atoms with van der Waals surface area (Å²) in [6.45, 7) is 5.43. The van der Waals surface area contributed by atoms with Gasteiger partial charge in [-0.2, -0.15) is 0 Å². The SMILES string of the molecule is CC[C@@H]1C[C@H](C)CC/C=C\[C@@H]2C[C@@]2(C(=O)NS(=O)(=O)C2(C)CC2)NC(=O)[C@@H]2C[C@@H](Oc3nnc(OC)c4ccccc34)CN2C(=O)[C@H]1NC(=O)O. The molecule has 1 aromatic carbocycles. The molecule has 2 aromatic rings. The van der Waals surface area contributed by atoms with Gasteiger partial charge >= 0.3 is 6.09 Å². The Morgan fingerprint density at radius 3 is 2.45 bits per heavy atom. The van der Waals surface area contributed by atoms with E-state index in [2.05, 4.69) is 25.6 Å². The van der Waals surface area contributed by atoms with Gasteiger partial charge in [0.25, 0.3) is 5.91 Å². The van der Waals surface area contributed by atoms with E-state index in [1.54, 1.807) is 25.1 Å². The molecule has 7 atom stereocenters. The minimum Gasteiger partial charge on any atom is -0.479 e. The first-order valence-corrected chi connectivity index (χ1v) is 19.0. The number of aromatic nitrogens is 2. The van der Waals surface area contributed by atoms with Gasteiger partial charge in [-0.1, -0.05) is 44.6 Å². The number of nitrogens with zero attached hydrogens (tertiary/aromatic N) is 3. The molecule has 16 heteroatoms. The summed E-state index contributed by atoms with van der Waals surface area (Å²) in [5, 5.41) is 24.7. The minimum atomic E-state index is -4.00. The zero-order valence-corrected chi connectivity index (χ0v) is 30.1. The molecule has 2 aliphatic carbocycles. The predicted octanol–water partition coefficient (Wildman–Crippen LogP) is 2.90. The highest BCUT2D eigenvalue weighted by molar-refractivity contribution is 7.91. The lowest BCUT2D eigenvalue weighted by Gasteiger charge is -2.33. The number of carbonyl (C=O) groups excluding carboxylic acids is 3. The molecule has 2 saturated carbocycles. The number of hydrogen-bond donors (Lipinski definition) is 4. The molecule has 3 heterocycles. The molecule has 0 unspecified atom stereocenters. The van der Waals surface area contributed by atoms with E-state index in [1.807, 2.05) is 32.1 Å². The average Bonchev–Trinajstić information content (AvgIpc) is 3.97. The van der Waals surface area contributed by atoms with E-state index in [0.29, 0.717) is 48.8 Å². The van der Waals surface area contributed by atoms with Gasteiger partial charge in [0.1, 0.15) is 23.7 Å². The maximum absolute atomic E-state index is 14.5. The Hall–Kier alpha value is -4.47. The number of carbonyl (C=O) groups is 4. The van der Waals surface area contributed by atoms with E-state index in [1.165, 1.54) is 12.0 Å². The van der Waals surface area contributed by atoms with Crippen molar-refractivity contribution in [2.75, 3.05) is 13.7 Å². The van der Waals surface area contributed by atoms with Crippen LogP contribution >= 0.6 is 0 Å². The van der Waals surface area contributed by atoms with Crippen LogP contribution in [0.5, 0.6) is 11.8 Å². The fourth-order valence-electron chi connectivity index (χ4n) is 7.40. The summed E-state index contributed by atoms with van der Waals surface area (Å²) in [6, 6.07) is 4.87. The van der Waals surface area contributed by atoms with Crippen LogP contribution in [0, 0.1) is 17.8 Å². The van der Waals surface area contributed by atoms with E-state index >= 15 is 0 Å². The van der Waals surface area contributed by atoms with Gasteiger partial charge in [0.15, 0.2) is 0 Å². The first-order chi connectivity index (χ1) is 24.2. The number of nitrogens with one attached hydrogen (secondary N) is 3. The molecule has 0 spiro atoms. The number of allylic oxidation sites excluding steroid dienone is 1. The maximum atomic E-state index is 14.5. The standard InChI is InChI=1S/C35H46N6O9S/c1-5-21-16-20(2)10-6-7-11-22-18-35(22,32(44)40-51(47,48)34(3)14-15-34)37-28(42)26-17-23(19-41(26)31(43)27(21)36-33(45)46)50-30-25-13-9-8-12-24(25)29(49-4)38-39-30/h7-9,11-13,20-23,26-27,36H,5-6,10,14-19H2,1-4H3,(H,37,42)(H,40,44)(H,45,46)/b11-7-/t20-,21-,22-,23-,26+,27+,35-/m1/s1. The third-order valence-corrected chi connectivity index (χ3v) is 13.1. The Labute approximate surface area is 296 Å². The first kappa shape index (κ1) is 36.3. The number of ether oxygens (including phenoxy) is 2. The van der Waals surface area contributed by atoms with E-state index in [9.17, 15) is 32.7 Å². The normalized spacial score (nSPS) is 31.2. The lowest BCUT2D eigenvalue weighted by molar-refractivity contribution is -0.142. The monoisotopic (exact) mass is 726 g/mol. The second-order valence-corrected chi connectivity index (χ2v) is 16.8. The fourth-order valence-corrected chi connectivity index (χ4v) is 8.71. The molecule has 1 saturated heterocycles. The Morgan fingerprint density at radius 1 is 1.12 bits per heavy atom. The number of methoxy groups -OCH3 is 1. The van der Waals surface area contributed by atoms with Gasteiger partial charge in [-0.05, 0) is 69.4 Å². The summed E-state index contributed by atoms with van der Waals surface area (Å²) in [6.07, 6.45) is 5.13. The van der Waals surface area contributed by atoms with Crippen LogP contribution in [0.15, 0.2) is 36.4 Å². The first-order valence-electron chi connectivity index (χ1n) is 17.5. The van der Waals surface area contributed by atoms with Crippen molar-refractivity contribution in [2.24, 2.45) is 17.8 Å². The molecule has 6 rings (SSSR count). The number of hydrogen-bond acceptors (Lipinski definition) is 10. The third kappa shape index (κ3) is 7.19. The number of sulfonamides is 1. The van der Waals surface area contributed by atoms with Gasteiger partial charge in [0, 0.05) is 12.3 Å². The molecule has 4 amide bonds. The molecule has 1 aromatic heterocycles. The van der Waals surface area contributed by atoms with E-state index in [-0.39, 0.29) is 37.1 Å². The Morgan fingerprint density at radius 2 is 1.80 bits per heavy atom. The number of benzene rings is 1. The van der Waals surface area contributed by atoms with Crippen LogP contribution in [0.1, 0.15) is 72.1 Å². The van der Waals surface area contributed by atoms with Gasteiger partial charge in [-0.25, -0.2) is 13.2 Å². The molecule has 51 heavy (non-hydrogen) atoms. The largest absolute Gasteiger partial charge is 0.479 e. The van der Waals surface area contributed by atoms with Crippen molar-refractivity contribution < 1.29 is 42.2 Å².